The van der Waals surface area contributed by atoms with Crippen LogP contribution in [0.1, 0.15) is 16.7 Å². The molecule has 8 atom stereocenters. The Labute approximate surface area is 338 Å². The van der Waals surface area contributed by atoms with Crippen molar-refractivity contribution in [3.05, 3.63) is 120 Å². The van der Waals surface area contributed by atoms with Crippen LogP contribution in [0, 0.1) is 13.8 Å². The zero-order chi connectivity index (χ0) is 41.7. The summed E-state index contributed by atoms with van der Waals surface area (Å²) in [6, 6.07) is 22.2. The van der Waals surface area contributed by atoms with Crippen molar-refractivity contribution in [2.24, 2.45) is 0 Å². The highest BCUT2D eigenvalue weighted by Gasteiger charge is 2.49. The molecule has 7 rings (SSSR count). The number of carbonyl (C=O) groups is 1. The molecule has 58 heavy (non-hydrogen) atoms. The van der Waals surface area contributed by atoms with Crippen LogP contribution in [0.5, 0.6) is 0 Å². The number of fused-ring (bicyclic) bond motifs is 1. The number of aliphatic hydroxyl groups excluding tert-OH is 3. The summed E-state index contributed by atoms with van der Waals surface area (Å²) in [6.45, 7) is 4.75. The van der Waals surface area contributed by atoms with Gasteiger partial charge in [-0.2, -0.15) is 16.8 Å². The summed E-state index contributed by atoms with van der Waals surface area (Å²) < 4.78 is 84.9. The third kappa shape index (κ3) is 13.0. The van der Waals surface area contributed by atoms with E-state index in [4.69, 9.17) is 32.1 Å². The van der Waals surface area contributed by atoms with Crippen molar-refractivity contribution in [3.63, 3.8) is 0 Å². The van der Waals surface area contributed by atoms with E-state index in [0.717, 1.165) is 16.7 Å². The van der Waals surface area contributed by atoms with Crippen LogP contribution < -0.4 is 5.32 Å². The molecule has 0 aliphatic carbocycles. The maximum atomic E-state index is 12.2. The van der Waals surface area contributed by atoms with Gasteiger partial charge in [-0.15, -0.1) is 0 Å². The van der Waals surface area contributed by atoms with Gasteiger partial charge in [-0.1, -0.05) is 90.0 Å². The summed E-state index contributed by atoms with van der Waals surface area (Å²) in [5.74, 6) is 0. The standard InChI is InChI=1S/C14H17NO4.C13H16O6S.C13H16O5S/c16-12(13-7-4-8-18-13)9-15-14(17)19-10-11-5-2-1-3-6-11;1-8-2-4-9(5-3-8)20(15,16)19-11-7-18-12-10(14)6-17-13(11)12;1-10-4-6-11(7-5-10)19(15,16)18-13(9-14)12-3-2-8-17-12/h1-7,12-13,16H,8-10H2,(H,15,17);2-5,10-14H,6-7H2,1H3;2-7,12-14H,8-9H2,1H3/t12-,13-;10-,11-,12-,13-;12-,13+/m010/s1. The number of ether oxygens (including phenoxy) is 5. The van der Waals surface area contributed by atoms with Crippen LogP contribution in [0.25, 0.3) is 0 Å². The van der Waals surface area contributed by atoms with Crippen LogP contribution >= 0.6 is 0 Å². The summed E-state index contributed by atoms with van der Waals surface area (Å²) in [5.41, 5.74) is 2.84. The lowest BCUT2D eigenvalue weighted by Gasteiger charge is -2.20. The van der Waals surface area contributed by atoms with Crippen LogP contribution in [0.4, 0.5) is 4.79 Å². The Balaban J connectivity index is 0.000000166. The van der Waals surface area contributed by atoms with E-state index in [0.29, 0.717) is 13.2 Å². The Bertz CT molecular complexity index is 2030. The molecule has 0 saturated carbocycles. The van der Waals surface area contributed by atoms with E-state index in [9.17, 15) is 36.9 Å². The van der Waals surface area contributed by atoms with Crippen molar-refractivity contribution in [3.8, 4) is 0 Å². The third-order valence-electron chi connectivity index (χ3n) is 9.12. The minimum atomic E-state index is -3.90. The molecule has 4 N–H and O–H groups in total. The average molecular weight is 848 g/mol. The lowest BCUT2D eigenvalue weighted by Crippen LogP contribution is -2.38. The first-order chi connectivity index (χ1) is 27.8. The first kappa shape index (κ1) is 45.0. The fraction of sp³-hybridized carbons (Fsp3) is 0.425. The largest absolute Gasteiger partial charge is 0.445 e. The van der Waals surface area contributed by atoms with Crippen LogP contribution in [0.3, 0.4) is 0 Å². The lowest BCUT2D eigenvalue weighted by atomic mass is 10.1. The number of rotatable bonds is 13. The van der Waals surface area contributed by atoms with Crippen molar-refractivity contribution >= 4 is 26.3 Å². The summed E-state index contributed by atoms with van der Waals surface area (Å²) >= 11 is 0. The first-order valence-electron chi connectivity index (χ1n) is 18.5. The normalized spacial score (nSPS) is 24.5. The van der Waals surface area contributed by atoms with Gasteiger partial charge in [-0.05, 0) is 43.7 Å². The number of hydrogen-bond donors (Lipinski definition) is 4. The molecule has 4 heterocycles. The van der Waals surface area contributed by atoms with Crippen molar-refractivity contribution in [1.82, 2.24) is 5.32 Å². The van der Waals surface area contributed by atoms with Gasteiger partial charge in [0.05, 0.1) is 42.8 Å². The SMILES string of the molecule is Cc1ccc(S(=O)(=O)O[C@@H]2CO[C@H]3[C@@H]2OC[C@H]3O)cc1.Cc1ccc(S(=O)(=O)O[C@H](CO)[C@@H]2C=CCO2)cc1.O=C(NC[C@H](O)[C@@H]1C=CCO1)OCc1ccccc1. The Morgan fingerprint density at radius 1 is 0.776 bits per heavy atom. The number of carbonyl (C=O) groups excluding carboxylic acids is 1. The number of benzene rings is 3. The second-order valence-corrected chi connectivity index (χ2v) is 16.8. The summed E-state index contributed by atoms with van der Waals surface area (Å²) in [5, 5.41) is 31.1. The van der Waals surface area contributed by atoms with Crippen LogP contribution in [-0.4, -0.2) is 127 Å². The zero-order valence-electron chi connectivity index (χ0n) is 31.9. The lowest BCUT2D eigenvalue weighted by molar-refractivity contribution is 0.00185. The number of aliphatic hydroxyl groups is 3. The van der Waals surface area contributed by atoms with Gasteiger partial charge in [-0.25, -0.2) is 4.79 Å². The highest BCUT2D eigenvalue weighted by Crippen LogP contribution is 2.31. The molecule has 0 spiro atoms. The minimum Gasteiger partial charge on any atom is -0.445 e. The van der Waals surface area contributed by atoms with Gasteiger partial charge < -0.3 is 44.3 Å². The molecule has 4 aliphatic heterocycles. The molecule has 1 amide bonds. The number of hydrogen-bond acceptors (Lipinski definition) is 15. The highest BCUT2D eigenvalue weighted by molar-refractivity contribution is 7.87. The van der Waals surface area contributed by atoms with E-state index in [2.05, 4.69) is 5.32 Å². The molecule has 18 heteroatoms. The third-order valence-corrected chi connectivity index (χ3v) is 11.8. The van der Waals surface area contributed by atoms with Crippen LogP contribution in [-0.2, 0) is 58.9 Å². The molecule has 2 fully saturated rings. The van der Waals surface area contributed by atoms with Crippen LogP contribution in [0.2, 0.25) is 0 Å². The van der Waals surface area contributed by atoms with Gasteiger partial charge >= 0.3 is 6.09 Å². The number of amides is 1. The van der Waals surface area contributed by atoms with E-state index in [1.807, 2.05) is 50.3 Å². The fourth-order valence-corrected chi connectivity index (χ4v) is 8.08. The van der Waals surface area contributed by atoms with Gasteiger partial charge in [0.25, 0.3) is 20.2 Å². The topological polar surface area (TPSA) is 223 Å². The molecule has 0 aromatic heterocycles. The van der Waals surface area contributed by atoms with Crippen molar-refractivity contribution in [2.45, 2.75) is 79.1 Å². The number of alkyl carbamates (subject to hydrolysis) is 1. The molecule has 0 bridgehead atoms. The van der Waals surface area contributed by atoms with Gasteiger partial charge in [0.15, 0.2) is 0 Å². The smallest absolute Gasteiger partial charge is 0.407 e. The second kappa shape index (κ2) is 21.3. The van der Waals surface area contributed by atoms with Crippen LogP contribution in [0.15, 0.2) is 113 Å². The molecule has 2 saturated heterocycles. The summed E-state index contributed by atoms with van der Waals surface area (Å²) in [4.78, 5) is 11.6. The Morgan fingerprint density at radius 3 is 1.91 bits per heavy atom. The van der Waals surface area contributed by atoms with Crippen molar-refractivity contribution < 1.29 is 69.0 Å². The van der Waals surface area contributed by atoms with E-state index in [1.54, 1.807) is 42.5 Å². The van der Waals surface area contributed by atoms with Crippen molar-refractivity contribution in [1.29, 1.82) is 0 Å². The average Bonchev–Trinajstić information content (AvgIpc) is 4.06. The fourth-order valence-electron chi connectivity index (χ4n) is 5.93. The quantitative estimate of drug-likeness (QED) is 0.143. The zero-order valence-corrected chi connectivity index (χ0v) is 33.6. The Kier molecular flexibility index (Phi) is 16.5. The Hall–Kier alpha value is -4.05. The maximum absolute atomic E-state index is 12.2. The number of aryl methyl sites for hydroxylation is 2. The second-order valence-electron chi connectivity index (χ2n) is 13.6. The highest BCUT2D eigenvalue weighted by atomic mass is 32.2. The molecule has 0 radical (unpaired) electrons. The van der Waals surface area contributed by atoms with Gasteiger partial charge in [0.2, 0.25) is 0 Å². The van der Waals surface area contributed by atoms with E-state index in [-0.39, 0.29) is 42.3 Å². The van der Waals surface area contributed by atoms with Gasteiger partial charge in [0, 0.05) is 6.54 Å². The molecule has 0 unspecified atom stereocenters. The van der Waals surface area contributed by atoms with Gasteiger partial charge in [-0.3, -0.25) is 8.37 Å². The molecular formula is C40H49NO15S2. The molecule has 3 aromatic carbocycles. The Morgan fingerprint density at radius 2 is 1.34 bits per heavy atom. The molecule has 16 nitrogen and oxygen atoms in total. The molecule has 4 aliphatic rings. The first-order valence-corrected chi connectivity index (χ1v) is 21.3. The predicted molar refractivity (Wildman–Crippen MR) is 207 cm³/mol. The van der Waals surface area contributed by atoms with Gasteiger partial charge in [0.1, 0.15) is 55.4 Å². The monoisotopic (exact) mass is 847 g/mol. The molecular weight excluding hydrogens is 799 g/mol. The maximum Gasteiger partial charge on any atom is 0.407 e. The number of nitrogens with one attached hydrogen (secondary N) is 1. The summed E-state index contributed by atoms with van der Waals surface area (Å²) in [6.07, 6.45) is 1.44. The van der Waals surface area contributed by atoms with E-state index >= 15 is 0 Å². The van der Waals surface area contributed by atoms with E-state index < -0.39 is 75.7 Å². The van der Waals surface area contributed by atoms with Crippen molar-refractivity contribution in [2.75, 3.05) is 39.6 Å². The molecule has 3 aromatic rings. The van der Waals surface area contributed by atoms with E-state index in [1.165, 1.54) is 24.3 Å². The predicted octanol–water partition coefficient (Wildman–Crippen LogP) is 2.47. The summed E-state index contributed by atoms with van der Waals surface area (Å²) in [7, 11) is -7.76. The molecule has 316 valence electrons. The minimum absolute atomic E-state index is 0.0681.